The number of ether oxygens (including phenoxy) is 1. The van der Waals surface area contributed by atoms with Crippen molar-refractivity contribution in [3.8, 4) is 5.75 Å². The molecule has 0 aliphatic heterocycles. The maximum absolute atomic E-state index is 13.1. The monoisotopic (exact) mass is 474 g/mol. The fourth-order valence-electron chi connectivity index (χ4n) is 3.99. The quantitative estimate of drug-likeness (QED) is 0.349. The second-order valence-corrected chi connectivity index (χ2v) is 9.63. The normalized spacial score (nSPS) is 11.1. The average Bonchev–Trinajstić information content (AvgIpc) is 3.17. The summed E-state index contributed by atoms with van der Waals surface area (Å²) in [4.78, 5) is 26.1. The van der Waals surface area contributed by atoms with Crippen LogP contribution in [0.4, 0.5) is 11.5 Å². The highest BCUT2D eigenvalue weighted by Gasteiger charge is 2.22. The molecule has 2 heterocycles. The molecular weight excluding hydrogens is 444 g/mol. The number of hydrogen-bond donors (Lipinski definition) is 1. The van der Waals surface area contributed by atoms with Gasteiger partial charge >= 0.3 is 0 Å². The number of fused-ring (bicyclic) bond motifs is 1. The highest BCUT2D eigenvalue weighted by molar-refractivity contribution is 7.20. The molecule has 6 nitrogen and oxygen atoms in total. The van der Waals surface area contributed by atoms with Crippen LogP contribution in [0.2, 0.25) is 0 Å². The van der Waals surface area contributed by atoms with Gasteiger partial charge in [-0.3, -0.25) is 4.79 Å². The van der Waals surface area contributed by atoms with Gasteiger partial charge in [-0.1, -0.05) is 44.2 Å². The van der Waals surface area contributed by atoms with E-state index in [2.05, 4.69) is 53.3 Å². The summed E-state index contributed by atoms with van der Waals surface area (Å²) in [5.74, 6) is 2.58. The molecule has 1 amide bonds. The number of carbonyl (C=O) groups excluding carboxylic acids is 1. The Bertz CT molecular complexity index is 1330. The van der Waals surface area contributed by atoms with Crippen molar-refractivity contribution >= 4 is 39.0 Å². The van der Waals surface area contributed by atoms with E-state index in [9.17, 15) is 4.79 Å². The van der Waals surface area contributed by atoms with Gasteiger partial charge in [0.2, 0.25) is 0 Å². The standard InChI is InChI=1S/C27H30N4O2S/c1-16(2)19-11-13-21(14-12-19)31(5)25-23-17(3)24(34-27(23)30-18(4)29-25)26(32)28-15-20-9-7-8-10-22(20)33-6/h7-14,16H,15H2,1-6H3,(H,28,32). The number of thiophene rings is 1. The van der Waals surface area contributed by atoms with Gasteiger partial charge in [0, 0.05) is 24.8 Å². The first-order valence-corrected chi connectivity index (χ1v) is 12.1. The van der Waals surface area contributed by atoms with E-state index in [4.69, 9.17) is 9.72 Å². The summed E-state index contributed by atoms with van der Waals surface area (Å²) in [6, 6.07) is 16.2. The first-order valence-electron chi connectivity index (χ1n) is 11.3. The molecular formula is C27H30N4O2S. The van der Waals surface area contributed by atoms with E-state index in [0.717, 1.165) is 38.6 Å². The van der Waals surface area contributed by atoms with E-state index < -0.39 is 0 Å². The number of benzene rings is 2. The van der Waals surface area contributed by atoms with Crippen molar-refractivity contribution in [2.45, 2.75) is 40.2 Å². The molecule has 0 bridgehead atoms. The Hall–Kier alpha value is -3.45. The van der Waals surface area contributed by atoms with Gasteiger partial charge in [0.15, 0.2) is 0 Å². The van der Waals surface area contributed by atoms with E-state index in [0.29, 0.717) is 23.2 Å². The number of hydrogen-bond acceptors (Lipinski definition) is 6. The number of para-hydroxylation sites is 1. The molecule has 0 saturated carbocycles. The van der Waals surface area contributed by atoms with Crippen LogP contribution in [0.25, 0.3) is 10.2 Å². The summed E-state index contributed by atoms with van der Waals surface area (Å²) in [6.07, 6.45) is 0. The summed E-state index contributed by atoms with van der Waals surface area (Å²) in [5.41, 5.74) is 4.15. The van der Waals surface area contributed by atoms with Crippen LogP contribution in [0.3, 0.4) is 0 Å². The SMILES string of the molecule is COc1ccccc1CNC(=O)c1sc2nc(C)nc(N(C)c3ccc(C(C)C)cc3)c2c1C. The molecule has 7 heteroatoms. The fourth-order valence-corrected chi connectivity index (χ4v) is 5.13. The van der Waals surface area contributed by atoms with E-state index in [1.165, 1.54) is 16.9 Å². The Balaban J connectivity index is 1.66. The van der Waals surface area contributed by atoms with Gasteiger partial charge in [-0.2, -0.15) is 0 Å². The van der Waals surface area contributed by atoms with Crippen LogP contribution >= 0.6 is 11.3 Å². The number of carbonyl (C=O) groups is 1. The highest BCUT2D eigenvalue weighted by atomic mass is 32.1. The molecule has 0 radical (unpaired) electrons. The van der Waals surface area contributed by atoms with Gasteiger partial charge in [-0.15, -0.1) is 11.3 Å². The summed E-state index contributed by atoms with van der Waals surface area (Å²) < 4.78 is 5.40. The van der Waals surface area contributed by atoms with Crippen LogP contribution in [0.1, 0.15) is 52.0 Å². The Morgan fingerprint density at radius 3 is 2.47 bits per heavy atom. The lowest BCUT2D eigenvalue weighted by Crippen LogP contribution is -2.22. The number of nitrogens with zero attached hydrogens (tertiary/aromatic N) is 3. The molecule has 34 heavy (non-hydrogen) atoms. The van der Waals surface area contributed by atoms with Gasteiger partial charge in [0.1, 0.15) is 22.2 Å². The third-order valence-corrected chi connectivity index (χ3v) is 7.17. The van der Waals surface area contributed by atoms with E-state index in [-0.39, 0.29) is 5.91 Å². The minimum absolute atomic E-state index is 0.126. The van der Waals surface area contributed by atoms with Crippen molar-refractivity contribution < 1.29 is 9.53 Å². The molecule has 0 spiro atoms. The van der Waals surface area contributed by atoms with Crippen molar-refractivity contribution in [2.24, 2.45) is 0 Å². The van der Waals surface area contributed by atoms with Crippen LogP contribution in [-0.2, 0) is 6.54 Å². The summed E-state index contributed by atoms with van der Waals surface area (Å²) >= 11 is 1.40. The molecule has 0 aliphatic carbocycles. The van der Waals surface area contributed by atoms with Gasteiger partial charge in [0.25, 0.3) is 5.91 Å². The molecule has 0 aliphatic rings. The lowest BCUT2D eigenvalue weighted by atomic mass is 10.0. The molecule has 0 saturated heterocycles. The lowest BCUT2D eigenvalue weighted by molar-refractivity contribution is 0.0954. The fraction of sp³-hybridized carbons (Fsp3) is 0.296. The van der Waals surface area contributed by atoms with Crippen molar-refractivity contribution in [3.63, 3.8) is 0 Å². The number of rotatable bonds is 7. The molecule has 0 atom stereocenters. The molecule has 2 aromatic heterocycles. The third-order valence-electron chi connectivity index (χ3n) is 5.99. The molecule has 4 aromatic rings. The van der Waals surface area contributed by atoms with E-state index in [1.54, 1.807) is 7.11 Å². The van der Waals surface area contributed by atoms with E-state index in [1.807, 2.05) is 45.2 Å². The first kappa shape index (κ1) is 23.7. The van der Waals surface area contributed by atoms with Crippen LogP contribution in [0, 0.1) is 13.8 Å². The first-order chi connectivity index (χ1) is 16.3. The number of nitrogens with one attached hydrogen (secondary N) is 1. The zero-order chi connectivity index (χ0) is 24.4. The van der Waals surface area contributed by atoms with Crippen molar-refractivity contribution in [3.05, 3.63) is 75.9 Å². The average molecular weight is 475 g/mol. The van der Waals surface area contributed by atoms with Gasteiger partial charge in [-0.05, 0) is 49.1 Å². The van der Waals surface area contributed by atoms with Crippen LogP contribution in [0.5, 0.6) is 5.75 Å². The van der Waals surface area contributed by atoms with Crippen molar-refractivity contribution in [2.75, 3.05) is 19.1 Å². The molecule has 0 fully saturated rings. The Kier molecular flexibility index (Phi) is 6.84. The topological polar surface area (TPSA) is 67.3 Å². The number of amides is 1. The largest absolute Gasteiger partial charge is 0.496 e. The Labute approximate surface area is 204 Å². The predicted molar refractivity (Wildman–Crippen MR) is 140 cm³/mol. The second kappa shape index (κ2) is 9.81. The zero-order valence-electron chi connectivity index (χ0n) is 20.5. The smallest absolute Gasteiger partial charge is 0.261 e. The minimum Gasteiger partial charge on any atom is -0.496 e. The maximum atomic E-state index is 13.1. The second-order valence-electron chi connectivity index (χ2n) is 8.63. The summed E-state index contributed by atoms with van der Waals surface area (Å²) in [5, 5.41) is 3.94. The lowest BCUT2D eigenvalue weighted by Gasteiger charge is -2.20. The maximum Gasteiger partial charge on any atom is 0.261 e. The van der Waals surface area contributed by atoms with Gasteiger partial charge in [-0.25, -0.2) is 9.97 Å². The van der Waals surface area contributed by atoms with Crippen molar-refractivity contribution in [1.29, 1.82) is 0 Å². The Morgan fingerprint density at radius 2 is 1.79 bits per heavy atom. The van der Waals surface area contributed by atoms with Crippen LogP contribution < -0.4 is 15.0 Å². The molecule has 176 valence electrons. The van der Waals surface area contributed by atoms with Crippen LogP contribution in [0.15, 0.2) is 48.5 Å². The van der Waals surface area contributed by atoms with Gasteiger partial charge in [0.05, 0.1) is 17.4 Å². The number of aryl methyl sites for hydroxylation is 2. The number of anilines is 2. The summed E-state index contributed by atoms with van der Waals surface area (Å²) in [7, 11) is 3.64. The minimum atomic E-state index is -0.126. The molecule has 1 N–H and O–H groups in total. The molecule has 2 aromatic carbocycles. The molecule has 4 rings (SSSR count). The molecule has 0 unspecified atom stereocenters. The number of methoxy groups -OCH3 is 1. The van der Waals surface area contributed by atoms with Crippen molar-refractivity contribution in [1.82, 2.24) is 15.3 Å². The number of aromatic nitrogens is 2. The highest BCUT2D eigenvalue weighted by Crippen LogP contribution is 2.37. The van der Waals surface area contributed by atoms with Gasteiger partial charge < -0.3 is 15.0 Å². The zero-order valence-corrected chi connectivity index (χ0v) is 21.3. The predicted octanol–water partition coefficient (Wildman–Crippen LogP) is 6.14. The Morgan fingerprint density at radius 1 is 1.09 bits per heavy atom. The van der Waals surface area contributed by atoms with E-state index >= 15 is 0 Å². The third kappa shape index (κ3) is 4.61. The van der Waals surface area contributed by atoms with Crippen LogP contribution in [-0.4, -0.2) is 30.0 Å². The summed E-state index contributed by atoms with van der Waals surface area (Å²) in [6.45, 7) is 8.61.